The van der Waals surface area contributed by atoms with Gasteiger partial charge in [0.05, 0.1) is 13.2 Å². The molecule has 1 aliphatic rings. The van der Waals surface area contributed by atoms with Gasteiger partial charge in [0.15, 0.2) is 0 Å². The van der Waals surface area contributed by atoms with Crippen molar-refractivity contribution < 1.29 is 9.53 Å². The zero-order valence-electron chi connectivity index (χ0n) is 15.7. The van der Waals surface area contributed by atoms with Crippen molar-refractivity contribution in [1.82, 2.24) is 10.3 Å². The molecule has 0 aliphatic carbocycles. The summed E-state index contributed by atoms with van der Waals surface area (Å²) in [7, 11) is 0. The first-order valence-corrected chi connectivity index (χ1v) is 9.29. The van der Waals surface area contributed by atoms with E-state index in [1.165, 1.54) is 0 Å². The van der Waals surface area contributed by atoms with Gasteiger partial charge in [-0.15, -0.1) is 0 Å². The van der Waals surface area contributed by atoms with Crippen LogP contribution in [-0.4, -0.2) is 24.1 Å². The lowest BCUT2D eigenvalue weighted by Gasteiger charge is -2.18. The molecule has 1 amide bonds. The van der Waals surface area contributed by atoms with Crippen LogP contribution in [0.3, 0.4) is 0 Å². The molecule has 5 nitrogen and oxygen atoms in total. The van der Waals surface area contributed by atoms with Crippen LogP contribution < -0.4 is 10.9 Å². The minimum Gasteiger partial charge on any atom is -0.377 e. The van der Waals surface area contributed by atoms with Gasteiger partial charge in [-0.2, -0.15) is 0 Å². The van der Waals surface area contributed by atoms with Gasteiger partial charge in [0.2, 0.25) is 0 Å². The molecule has 0 bridgehead atoms. The number of hydrogen-bond donors (Lipinski definition) is 2. The third kappa shape index (κ3) is 4.31. The molecular weight excluding hydrogens is 364 g/mol. The second-order valence-electron chi connectivity index (χ2n) is 6.81. The summed E-state index contributed by atoms with van der Waals surface area (Å²) in [6, 6.07) is 5.45. The summed E-state index contributed by atoms with van der Waals surface area (Å²) in [4.78, 5) is 27.7. The van der Waals surface area contributed by atoms with Crippen LogP contribution in [-0.2, 0) is 11.3 Å². The zero-order valence-corrected chi connectivity index (χ0v) is 16.5. The fourth-order valence-electron chi connectivity index (χ4n) is 3.39. The Bertz CT molecular complexity index is 976. The van der Waals surface area contributed by atoms with E-state index in [4.69, 9.17) is 16.3 Å². The zero-order chi connectivity index (χ0) is 19.6. The van der Waals surface area contributed by atoms with Gasteiger partial charge in [-0.25, -0.2) is 0 Å². The minimum atomic E-state index is -0.247. The van der Waals surface area contributed by atoms with Gasteiger partial charge in [-0.1, -0.05) is 17.7 Å². The van der Waals surface area contributed by atoms with Crippen molar-refractivity contribution in [2.24, 2.45) is 0 Å². The number of pyridine rings is 1. The number of carbonyl (C=O) groups is 1. The molecule has 2 aromatic rings. The van der Waals surface area contributed by atoms with Gasteiger partial charge in [0.25, 0.3) is 11.5 Å². The highest BCUT2D eigenvalue weighted by Gasteiger charge is 2.17. The molecule has 1 aliphatic heterocycles. The van der Waals surface area contributed by atoms with E-state index in [0.29, 0.717) is 29.4 Å². The molecule has 2 heterocycles. The summed E-state index contributed by atoms with van der Waals surface area (Å²) in [5.74, 6) is -0.247. The fraction of sp³-hybridized carbons (Fsp3) is 0.333. The quantitative estimate of drug-likeness (QED) is 0.841. The Hall–Kier alpha value is -2.37. The maximum Gasteiger partial charge on any atom is 0.253 e. The topological polar surface area (TPSA) is 71.2 Å². The largest absolute Gasteiger partial charge is 0.377 e. The number of carbonyl (C=O) groups excluding carboxylic acids is 1. The van der Waals surface area contributed by atoms with Gasteiger partial charge >= 0.3 is 0 Å². The Labute approximate surface area is 163 Å². The molecule has 2 N–H and O–H groups in total. The average Bonchev–Trinajstić information content (AvgIpc) is 2.63. The van der Waals surface area contributed by atoms with Crippen LogP contribution in [0, 0.1) is 20.8 Å². The van der Waals surface area contributed by atoms with Crippen molar-refractivity contribution in [1.29, 1.82) is 0 Å². The summed E-state index contributed by atoms with van der Waals surface area (Å²) in [5.41, 5.74) is 5.54. The van der Waals surface area contributed by atoms with Crippen LogP contribution in [0.15, 0.2) is 29.1 Å². The molecule has 0 fully saturated rings. The lowest BCUT2D eigenvalue weighted by atomic mass is 9.93. The first-order chi connectivity index (χ1) is 12.9. The van der Waals surface area contributed by atoms with Gasteiger partial charge < -0.3 is 15.0 Å². The molecule has 0 saturated carbocycles. The number of benzene rings is 1. The van der Waals surface area contributed by atoms with Crippen molar-refractivity contribution in [3.05, 3.63) is 73.2 Å². The van der Waals surface area contributed by atoms with Crippen molar-refractivity contribution in [3.8, 4) is 0 Å². The van der Waals surface area contributed by atoms with Gasteiger partial charge in [0.1, 0.15) is 0 Å². The van der Waals surface area contributed by atoms with Gasteiger partial charge in [-0.3, -0.25) is 9.59 Å². The molecule has 0 spiro atoms. The Balaban J connectivity index is 1.86. The standard InChI is InChI=1S/C21H23ClN2O3/c1-12-8-13(2)24-21(26)19(12)11-23-20(25)18-10-16(22)9-17(14(18)3)15-4-6-27-7-5-15/h4,8-10H,5-7,11H2,1-3H3,(H,23,25)(H,24,26). The van der Waals surface area contributed by atoms with Gasteiger partial charge in [0, 0.05) is 28.4 Å². The van der Waals surface area contributed by atoms with Crippen LogP contribution in [0.25, 0.3) is 5.57 Å². The highest BCUT2D eigenvalue weighted by Crippen LogP contribution is 2.29. The fourth-order valence-corrected chi connectivity index (χ4v) is 3.60. The number of nitrogens with one attached hydrogen (secondary N) is 2. The molecule has 3 rings (SSSR count). The molecule has 0 unspecified atom stereocenters. The molecule has 142 valence electrons. The Kier molecular flexibility index (Phi) is 5.82. The molecule has 0 saturated heterocycles. The normalized spacial score (nSPS) is 14.0. The molecule has 1 aromatic heterocycles. The maximum absolute atomic E-state index is 12.8. The summed E-state index contributed by atoms with van der Waals surface area (Å²) >= 11 is 6.28. The van der Waals surface area contributed by atoms with E-state index in [-0.39, 0.29) is 18.0 Å². The number of aromatic nitrogens is 1. The smallest absolute Gasteiger partial charge is 0.253 e. The van der Waals surface area contributed by atoms with Crippen molar-refractivity contribution in [2.75, 3.05) is 13.2 Å². The van der Waals surface area contributed by atoms with E-state index in [9.17, 15) is 9.59 Å². The van der Waals surface area contributed by atoms with E-state index in [1.807, 2.05) is 39.0 Å². The summed E-state index contributed by atoms with van der Waals surface area (Å²) < 4.78 is 5.37. The predicted octanol–water partition coefficient (Wildman–Crippen LogP) is 3.69. The van der Waals surface area contributed by atoms with E-state index < -0.39 is 0 Å². The molecule has 1 aromatic carbocycles. The maximum atomic E-state index is 12.8. The lowest BCUT2D eigenvalue weighted by Crippen LogP contribution is -2.28. The number of aromatic amines is 1. The number of halogens is 1. The molecule has 6 heteroatoms. The predicted molar refractivity (Wildman–Crippen MR) is 107 cm³/mol. The lowest BCUT2D eigenvalue weighted by molar-refractivity contribution is 0.0950. The SMILES string of the molecule is Cc1cc(C)c(CNC(=O)c2cc(Cl)cc(C3=CCOCC3)c2C)c(=O)[nH]1. The Morgan fingerprint density at radius 2 is 2.04 bits per heavy atom. The van der Waals surface area contributed by atoms with E-state index >= 15 is 0 Å². The molecule has 0 atom stereocenters. The second-order valence-corrected chi connectivity index (χ2v) is 7.24. The highest BCUT2D eigenvalue weighted by atomic mass is 35.5. The average molecular weight is 387 g/mol. The number of hydrogen-bond acceptors (Lipinski definition) is 3. The van der Waals surface area contributed by atoms with Crippen LogP contribution in [0.1, 0.15) is 44.7 Å². The Morgan fingerprint density at radius 3 is 2.70 bits per heavy atom. The number of H-pyrrole nitrogens is 1. The van der Waals surface area contributed by atoms with Crippen molar-refractivity contribution >= 4 is 23.1 Å². The second kappa shape index (κ2) is 8.11. The number of amides is 1. The van der Waals surface area contributed by atoms with Crippen LogP contribution in [0.4, 0.5) is 0 Å². The van der Waals surface area contributed by atoms with Crippen molar-refractivity contribution in [2.45, 2.75) is 33.7 Å². The molecule has 27 heavy (non-hydrogen) atoms. The summed E-state index contributed by atoms with van der Waals surface area (Å²) in [6.07, 6.45) is 2.82. The molecule has 0 radical (unpaired) electrons. The van der Waals surface area contributed by atoms with Gasteiger partial charge in [-0.05, 0) is 67.7 Å². The number of rotatable bonds is 4. The van der Waals surface area contributed by atoms with Crippen LogP contribution in [0.5, 0.6) is 0 Å². The number of ether oxygens (including phenoxy) is 1. The molecular formula is C21H23ClN2O3. The third-order valence-corrected chi connectivity index (χ3v) is 5.06. The highest BCUT2D eigenvalue weighted by molar-refractivity contribution is 6.31. The first-order valence-electron chi connectivity index (χ1n) is 8.91. The monoisotopic (exact) mass is 386 g/mol. The van der Waals surface area contributed by atoms with E-state index in [1.54, 1.807) is 6.07 Å². The van der Waals surface area contributed by atoms with Crippen LogP contribution >= 0.6 is 11.6 Å². The number of aryl methyl sites for hydroxylation is 2. The van der Waals surface area contributed by atoms with Crippen LogP contribution in [0.2, 0.25) is 5.02 Å². The first kappa shape index (κ1) is 19.4. The third-order valence-electron chi connectivity index (χ3n) is 4.85. The minimum absolute atomic E-state index is 0.165. The summed E-state index contributed by atoms with van der Waals surface area (Å²) in [6.45, 7) is 7.01. The van der Waals surface area contributed by atoms with E-state index in [2.05, 4.69) is 10.3 Å². The van der Waals surface area contributed by atoms with Crippen molar-refractivity contribution in [3.63, 3.8) is 0 Å². The summed E-state index contributed by atoms with van der Waals surface area (Å²) in [5, 5.41) is 3.36. The Morgan fingerprint density at radius 1 is 1.26 bits per heavy atom. The van der Waals surface area contributed by atoms with E-state index in [0.717, 1.165) is 34.4 Å².